The third-order valence-electron chi connectivity index (χ3n) is 4.86. The summed E-state index contributed by atoms with van der Waals surface area (Å²) >= 11 is 1.25. The van der Waals surface area contributed by atoms with E-state index in [0.717, 1.165) is 12.8 Å². The average Bonchev–Trinajstić information content (AvgIpc) is 3.03. The molecule has 0 unspecified atom stereocenters. The molecule has 0 bridgehead atoms. The molecule has 28 heavy (non-hydrogen) atoms. The predicted molar refractivity (Wildman–Crippen MR) is 111 cm³/mol. The molecule has 0 spiro atoms. The Morgan fingerprint density at radius 3 is 2.71 bits per heavy atom. The number of benzene rings is 1. The molecule has 1 aromatic carbocycles. The Hall–Kier alpha value is -2.54. The average molecular weight is 402 g/mol. The van der Waals surface area contributed by atoms with Gasteiger partial charge in [0, 0.05) is 18.7 Å². The van der Waals surface area contributed by atoms with Crippen molar-refractivity contribution in [2.45, 2.75) is 40.2 Å². The largest absolute Gasteiger partial charge is 0.338 e. The Labute approximate surface area is 167 Å². The van der Waals surface area contributed by atoms with Gasteiger partial charge in [-0.3, -0.25) is 14.2 Å². The maximum Gasteiger partial charge on any atom is 0.264 e. The number of hydrogen-bond acceptors (Lipinski definition) is 4. The van der Waals surface area contributed by atoms with Crippen LogP contribution in [0.15, 0.2) is 35.4 Å². The van der Waals surface area contributed by atoms with E-state index in [4.69, 9.17) is 0 Å². The zero-order valence-corrected chi connectivity index (χ0v) is 17.2. The lowest BCUT2D eigenvalue weighted by atomic mass is 10.2. The van der Waals surface area contributed by atoms with Gasteiger partial charge in [0.15, 0.2) is 0 Å². The second-order valence-corrected chi connectivity index (χ2v) is 7.74. The van der Waals surface area contributed by atoms with Crippen LogP contribution >= 0.6 is 11.3 Å². The molecule has 0 N–H and O–H groups in total. The van der Waals surface area contributed by atoms with E-state index >= 15 is 0 Å². The first kappa shape index (κ1) is 20.2. The van der Waals surface area contributed by atoms with Crippen molar-refractivity contribution in [1.82, 2.24) is 14.5 Å². The van der Waals surface area contributed by atoms with Crippen LogP contribution in [0.3, 0.4) is 0 Å². The Morgan fingerprint density at radius 2 is 2.04 bits per heavy atom. The summed E-state index contributed by atoms with van der Waals surface area (Å²) in [6.45, 7) is 7.25. The minimum absolute atomic E-state index is 0.0588. The highest BCUT2D eigenvalue weighted by Gasteiger charge is 2.23. The zero-order chi connectivity index (χ0) is 20.3. The number of nitrogens with zero attached hydrogens (tertiary/aromatic N) is 3. The molecule has 0 aliphatic rings. The normalized spacial score (nSPS) is 11.1. The number of aromatic nitrogens is 2. The second kappa shape index (κ2) is 8.65. The molecular weight excluding hydrogens is 377 g/mol. The first-order valence-corrected chi connectivity index (χ1v) is 10.3. The van der Waals surface area contributed by atoms with Gasteiger partial charge in [-0.05, 0) is 31.9 Å². The topological polar surface area (TPSA) is 55.2 Å². The van der Waals surface area contributed by atoms with Gasteiger partial charge in [-0.1, -0.05) is 31.5 Å². The number of rotatable bonds is 7. The SMILES string of the molecule is CCCCN(CC)C(=O)c1sc2ncn(Cc3ccccc3F)c(=O)c2c1C. The number of unbranched alkanes of at least 4 members (excludes halogenated alkanes) is 1. The minimum atomic E-state index is -0.359. The van der Waals surface area contributed by atoms with E-state index in [2.05, 4.69) is 11.9 Å². The van der Waals surface area contributed by atoms with Gasteiger partial charge in [0.25, 0.3) is 11.5 Å². The molecule has 2 heterocycles. The summed E-state index contributed by atoms with van der Waals surface area (Å²) in [5, 5.41) is 0.443. The molecule has 3 aromatic rings. The van der Waals surface area contributed by atoms with Crippen LogP contribution in [0.5, 0.6) is 0 Å². The molecule has 0 saturated carbocycles. The van der Waals surface area contributed by atoms with Crippen molar-refractivity contribution in [2.75, 3.05) is 13.1 Å². The molecule has 0 atom stereocenters. The van der Waals surface area contributed by atoms with Crippen LogP contribution in [0, 0.1) is 12.7 Å². The molecule has 0 radical (unpaired) electrons. The summed E-state index contributed by atoms with van der Waals surface area (Å²) in [5.74, 6) is -0.418. The van der Waals surface area contributed by atoms with Crippen LogP contribution in [0.25, 0.3) is 10.2 Å². The molecule has 5 nitrogen and oxygen atoms in total. The van der Waals surface area contributed by atoms with Crippen molar-refractivity contribution in [3.8, 4) is 0 Å². The quantitative estimate of drug-likeness (QED) is 0.596. The standard InChI is InChI=1S/C21H24FN3O2S/c1-4-6-11-24(5-2)21(27)18-14(3)17-19(28-18)23-13-25(20(17)26)12-15-9-7-8-10-16(15)22/h7-10,13H,4-6,11-12H2,1-3H3. The molecule has 0 fully saturated rings. The Balaban J connectivity index is 2.00. The van der Waals surface area contributed by atoms with Gasteiger partial charge in [-0.15, -0.1) is 11.3 Å². The van der Waals surface area contributed by atoms with Crippen molar-refractivity contribution in [3.63, 3.8) is 0 Å². The van der Waals surface area contributed by atoms with Gasteiger partial charge >= 0.3 is 0 Å². The molecule has 0 aliphatic heterocycles. The fourth-order valence-corrected chi connectivity index (χ4v) is 4.29. The minimum Gasteiger partial charge on any atom is -0.338 e. The number of amides is 1. The smallest absolute Gasteiger partial charge is 0.264 e. The third-order valence-corrected chi connectivity index (χ3v) is 6.05. The predicted octanol–water partition coefficient (Wildman–Crippen LogP) is 4.22. The summed E-state index contributed by atoms with van der Waals surface area (Å²) in [4.78, 5) is 33.2. The van der Waals surface area contributed by atoms with Gasteiger partial charge in [0.2, 0.25) is 0 Å². The van der Waals surface area contributed by atoms with E-state index in [1.807, 2.05) is 6.92 Å². The Kier molecular flexibility index (Phi) is 6.24. The van der Waals surface area contributed by atoms with Crippen molar-refractivity contribution < 1.29 is 9.18 Å². The van der Waals surface area contributed by atoms with Crippen molar-refractivity contribution in [2.24, 2.45) is 0 Å². The number of halogens is 1. The molecule has 0 saturated heterocycles. The van der Waals surface area contributed by atoms with E-state index in [0.29, 0.717) is 39.3 Å². The van der Waals surface area contributed by atoms with Crippen LogP contribution in [0.4, 0.5) is 4.39 Å². The van der Waals surface area contributed by atoms with Crippen LogP contribution in [-0.2, 0) is 6.54 Å². The number of carbonyl (C=O) groups is 1. The number of thiophene rings is 1. The molecule has 2 aromatic heterocycles. The van der Waals surface area contributed by atoms with Crippen LogP contribution < -0.4 is 5.56 Å². The van der Waals surface area contributed by atoms with Gasteiger partial charge < -0.3 is 4.90 Å². The zero-order valence-electron chi connectivity index (χ0n) is 16.4. The van der Waals surface area contributed by atoms with Gasteiger partial charge in [-0.25, -0.2) is 9.37 Å². The molecule has 7 heteroatoms. The second-order valence-electron chi connectivity index (χ2n) is 6.74. The van der Waals surface area contributed by atoms with Gasteiger partial charge in [-0.2, -0.15) is 0 Å². The lowest BCUT2D eigenvalue weighted by molar-refractivity contribution is 0.0766. The van der Waals surface area contributed by atoms with E-state index in [1.54, 1.807) is 30.0 Å². The van der Waals surface area contributed by atoms with Crippen molar-refractivity contribution >= 4 is 27.5 Å². The lowest BCUT2D eigenvalue weighted by Gasteiger charge is -2.20. The highest BCUT2D eigenvalue weighted by Crippen LogP contribution is 2.28. The summed E-state index contributed by atoms with van der Waals surface area (Å²) in [5.41, 5.74) is 0.824. The number of carbonyl (C=O) groups excluding carboxylic acids is 1. The van der Waals surface area contributed by atoms with Gasteiger partial charge in [0.05, 0.1) is 23.1 Å². The molecule has 1 amide bonds. The number of fused-ring (bicyclic) bond motifs is 1. The van der Waals surface area contributed by atoms with E-state index in [1.165, 1.54) is 28.3 Å². The molecule has 0 aliphatic carbocycles. The fraction of sp³-hybridized carbons (Fsp3) is 0.381. The van der Waals surface area contributed by atoms with E-state index in [-0.39, 0.29) is 23.8 Å². The van der Waals surface area contributed by atoms with Crippen LogP contribution in [0.1, 0.15) is 47.5 Å². The third kappa shape index (κ3) is 3.85. The first-order chi connectivity index (χ1) is 13.5. The van der Waals surface area contributed by atoms with E-state index in [9.17, 15) is 14.0 Å². The maximum absolute atomic E-state index is 14.0. The Morgan fingerprint density at radius 1 is 1.29 bits per heavy atom. The maximum atomic E-state index is 14.0. The lowest BCUT2D eigenvalue weighted by Crippen LogP contribution is -2.31. The number of aryl methyl sites for hydroxylation is 1. The number of hydrogen-bond donors (Lipinski definition) is 0. The molecule has 148 valence electrons. The van der Waals surface area contributed by atoms with E-state index < -0.39 is 0 Å². The summed E-state index contributed by atoms with van der Waals surface area (Å²) < 4.78 is 15.3. The van der Waals surface area contributed by atoms with Crippen molar-refractivity contribution in [1.29, 1.82) is 0 Å². The molecule has 3 rings (SSSR count). The van der Waals surface area contributed by atoms with Gasteiger partial charge in [0.1, 0.15) is 10.6 Å². The summed E-state index contributed by atoms with van der Waals surface area (Å²) in [6, 6.07) is 6.36. The molecular formula is C21H24FN3O2S. The summed E-state index contributed by atoms with van der Waals surface area (Å²) in [6.07, 6.45) is 3.38. The van der Waals surface area contributed by atoms with Crippen LogP contribution in [0.2, 0.25) is 0 Å². The van der Waals surface area contributed by atoms with Crippen LogP contribution in [-0.4, -0.2) is 33.4 Å². The summed E-state index contributed by atoms with van der Waals surface area (Å²) in [7, 11) is 0. The first-order valence-electron chi connectivity index (χ1n) is 9.49. The van der Waals surface area contributed by atoms with Crippen molar-refractivity contribution in [3.05, 3.63) is 62.8 Å². The highest BCUT2D eigenvalue weighted by atomic mass is 32.1. The highest BCUT2D eigenvalue weighted by molar-refractivity contribution is 7.20. The fourth-order valence-electron chi connectivity index (χ4n) is 3.18. The monoisotopic (exact) mass is 401 g/mol. The Bertz CT molecular complexity index is 1060.